The van der Waals surface area contributed by atoms with Crippen LogP contribution in [0.2, 0.25) is 0 Å². The van der Waals surface area contributed by atoms with Gasteiger partial charge in [-0.15, -0.1) is 10.2 Å². The maximum absolute atomic E-state index is 11.6. The van der Waals surface area contributed by atoms with Crippen LogP contribution < -0.4 is 10.1 Å². The number of carbonyl (C=O) groups is 1. The van der Waals surface area contributed by atoms with E-state index in [1.807, 2.05) is 26.2 Å². The van der Waals surface area contributed by atoms with Gasteiger partial charge in [0.25, 0.3) is 0 Å². The molecule has 2 fully saturated rings. The van der Waals surface area contributed by atoms with E-state index in [-0.39, 0.29) is 17.9 Å². The van der Waals surface area contributed by atoms with Crippen LogP contribution in [0.3, 0.4) is 0 Å². The van der Waals surface area contributed by atoms with E-state index in [9.17, 15) is 4.79 Å². The maximum atomic E-state index is 11.6. The molecule has 1 saturated heterocycles. The summed E-state index contributed by atoms with van der Waals surface area (Å²) >= 11 is 1.56. The van der Waals surface area contributed by atoms with Crippen molar-refractivity contribution in [2.24, 2.45) is 5.92 Å². The number of nitrogens with one attached hydrogen (secondary N) is 1. The predicted octanol–water partition coefficient (Wildman–Crippen LogP) is 3.10. The van der Waals surface area contributed by atoms with Crippen molar-refractivity contribution in [2.45, 2.75) is 45.3 Å². The van der Waals surface area contributed by atoms with E-state index >= 15 is 0 Å². The van der Waals surface area contributed by atoms with Crippen molar-refractivity contribution in [3.05, 3.63) is 23.5 Å². The molecule has 1 saturated carbocycles. The van der Waals surface area contributed by atoms with Crippen LogP contribution in [0.4, 0.5) is 0 Å². The fraction of sp³-hybridized carbons (Fsp3) is 0.474. The van der Waals surface area contributed by atoms with Gasteiger partial charge in [-0.1, -0.05) is 11.3 Å². The topological polar surface area (TPSA) is 81.9 Å². The van der Waals surface area contributed by atoms with Crippen LogP contribution in [0.1, 0.15) is 37.2 Å². The number of benzene rings is 1. The monoisotopic (exact) mass is 383 g/mol. The number of fused-ring (bicyclic) bond motifs is 1. The molecular formula is C19H21N5O2S. The SMILES string of the molecule is Cc1nnc(-c2cc(O[C@H](C)[C@H]3CNC(=O)C3)c3c(c2)ncn3C2CC2)s1. The summed E-state index contributed by atoms with van der Waals surface area (Å²) in [6.07, 6.45) is 4.72. The molecule has 1 aliphatic heterocycles. The Morgan fingerprint density at radius 1 is 1.33 bits per heavy atom. The van der Waals surface area contributed by atoms with E-state index < -0.39 is 0 Å². The minimum atomic E-state index is -0.0684. The molecule has 2 aromatic heterocycles. The smallest absolute Gasteiger partial charge is 0.220 e. The van der Waals surface area contributed by atoms with Crippen molar-refractivity contribution >= 4 is 28.3 Å². The molecule has 0 bridgehead atoms. The molecule has 1 aliphatic carbocycles. The number of amides is 1. The first-order valence-corrected chi connectivity index (χ1v) is 10.1. The molecule has 0 spiro atoms. The second-order valence-electron chi connectivity index (χ2n) is 7.44. The van der Waals surface area contributed by atoms with Gasteiger partial charge in [-0.2, -0.15) is 0 Å². The van der Waals surface area contributed by atoms with Crippen molar-refractivity contribution < 1.29 is 9.53 Å². The van der Waals surface area contributed by atoms with E-state index in [1.54, 1.807) is 11.3 Å². The zero-order valence-corrected chi connectivity index (χ0v) is 16.1. The highest BCUT2D eigenvalue weighted by Crippen LogP contribution is 2.41. The molecule has 0 radical (unpaired) electrons. The van der Waals surface area contributed by atoms with E-state index in [2.05, 4.69) is 31.1 Å². The predicted molar refractivity (Wildman–Crippen MR) is 103 cm³/mol. The lowest BCUT2D eigenvalue weighted by atomic mass is 10.0. The first kappa shape index (κ1) is 16.7. The molecule has 3 aromatic rings. The quantitative estimate of drug-likeness (QED) is 0.732. The second-order valence-corrected chi connectivity index (χ2v) is 8.62. The molecule has 1 N–H and O–H groups in total. The van der Waals surface area contributed by atoms with Crippen molar-refractivity contribution in [2.75, 3.05) is 6.54 Å². The molecular weight excluding hydrogens is 362 g/mol. The number of hydrogen-bond acceptors (Lipinski definition) is 6. The number of ether oxygens (including phenoxy) is 1. The van der Waals surface area contributed by atoms with Crippen LogP contribution in [0.15, 0.2) is 18.5 Å². The van der Waals surface area contributed by atoms with Crippen LogP contribution in [0.5, 0.6) is 5.75 Å². The Morgan fingerprint density at radius 3 is 2.85 bits per heavy atom. The highest BCUT2D eigenvalue weighted by atomic mass is 32.1. The standard InChI is InChI=1S/C19H21N5O2S/c1-10(13-7-17(25)20-8-13)26-16-6-12(19-23-22-11(2)27-19)5-15-18(16)24(9-21-15)14-3-4-14/h5-6,9-10,13-14H,3-4,7-8H2,1-2H3,(H,20,25)/t10-,13-/m1/s1. The van der Waals surface area contributed by atoms with E-state index in [0.29, 0.717) is 19.0 Å². The average Bonchev–Trinajstić information content (AvgIpc) is 3.04. The second kappa shape index (κ2) is 6.30. The van der Waals surface area contributed by atoms with Gasteiger partial charge in [0.2, 0.25) is 5.91 Å². The molecule has 1 amide bonds. The molecule has 1 aromatic carbocycles. The van der Waals surface area contributed by atoms with Gasteiger partial charge in [-0.05, 0) is 38.8 Å². The Bertz CT molecular complexity index is 1020. The molecule has 140 valence electrons. The number of aromatic nitrogens is 4. The van der Waals surface area contributed by atoms with Gasteiger partial charge in [0.15, 0.2) is 0 Å². The van der Waals surface area contributed by atoms with Gasteiger partial charge in [-0.25, -0.2) is 4.98 Å². The van der Waals surface area contributed by atoms with Crippen molar-refractivity contribution in [1.82, 2.24) is 25.1 Å². The van der Waals surface area contributed by atoms with Gasteiger partial charge in [0.1, 0.15) is 27.4 Å². The van der Waals surface area contributed by atoms with Crippen LogP contribution >= 0.6 is 11.3 Å². The first-order chi connectivity index (χ1) is 13.1. The average molecular weight is 383 g/mol. The first-order valence-electron chi connectivity index (χ1n) is 9.33. The third-order valence-corrected chi connectivity index (χ3v) is 6.22. The van der Waals surface area contributed by atoms with Crippen LogP contribution in [-0.4, -0.2) is 38.3 Å². The number of aryl methyl sites for hydroxylation is 1. The number of carbonyl (C=O) groups excluding carboxylic acids is 1. The highest BCUT2D eigenvalue weighted by Gasteiger charge is 2.30. The summed E-state index contributed by atoms with van der Waals surface area (Å²) in [5, 5.41) is 13.1. The third-order valence-electron chi connectivity index (χ3n) is 5.33. The lowest BCUT2D eigenvalue weighted by molar-refractivity contribution is -0.119. The lowest BCUT2D eigenvalue weighted by Gasteiger charge is -2.21. The Balaban J connectivity index is 1.56. The van der Waals surface area contributed by atoms with Gasteiger partial charge < -0.3 is 14.6 Å². The van der Waals surface area contributed by atoms with Gasteiger partial charge in [0.05, 0.1) is 11.8 Å². The molecule has 7 nitrogen and oxygen atoms in total. The summed E-state index contributed by atoms with van der Waals surface area (Å²) in [7, 11) is 0. The summed E-state index contributed by atoms with van der Waals surface area (Å²) in [5.41, 5.74) is 2.92. The van der Waals surface area contributed by atoms with Gasteiger partial charge >= 0.3 is 0 Å². The largest absolute Gasteiger partial charge is 0.488 e. The molecule has 3 heterocycles. The van der Waals surface area contributed by atoms with E-state index in [4.69, 9.17) is 4.74 Å². The molecule has 5 rings (SSSR count). The summed E-state index contributed by atoms with van der Waals surface area (Å²) in [6, 6.07) is 4.62. The minimum Gasteiger partial charge on any atom is -0.488 e. The van der Waals surface area contributed by atoms with E-state index in [0.717, 1.165) is 32.4 Å². The summed E-state index contributed by atoms with van der Waals surface area (Å²) in [6.45, 7) is 4.65. The van der Waals surface area contributed by atoms with Crippen molar-refractivity contribution in [3.8, 4) is 16.3 Å². The molecule has 8 heteroatoms. The van der Waals surface area contributed by atoms with Crippen LogP contribution in [-0.2, 0) is 4.79 Å². The number of imidazole rings is 1. The highest BCUT2D eigenvalue weighted by molar-refractivity contribution is 7.14. The Kier molecular flexibility index (Phi) is 3.89. The van der Waals surface area contributed by atoms with Crippen molar-refractivity contribution in [3.63, 3.8) is 0 Å². The number of rotatable bonds is 5. The Morgan fingerprint density at radius 2 is 2.19 bits per heavy atom. The number of hydrogen-bond donors (Lipinski definition) is 1. The minimum absolute atomic E-state index is 0.0684. The molecule has 2 atom stereocenters. The zero-order chi connectivity index (χ0) is 18.5. The zero-order valence-electron chi connectivity index (χ0n) is 15.3. The van der Waals surface area contributed by atoms with Crippen LogP contribution in [0, 0.1) is 12.8 Å². The Labute approximate surface area is 160 Å². The Hall–Kier alpha value is -2.48. The van der Waals surface area contributed by atoms with Crippen molar-refractivity contribution in [1.29, 1.82) is 0 Å². The summed E-state index contributed by atoms with van der Waals surface area (Å²) in [5.74, 6) is 1.09. The third kappa shape index (κ3) is 3.07. The van der Waals surface area contributed by atoms with Gasteiger partial charge in [-0.3, -0.25) is 4.79 Å². The van der Waals surface area contributed by atoms with Crippen LogP contribution in [0.25, 0.3) is 21.6 Å². The molecule has 27 heavy (non-hydrogen) atoms. The lowest BCUT2D eigenvalue weighted by Crippen LogP contribution is -2.25. The fourth-order valence-corrected chi connectivity index (χ4v) is 4.32. The fourth-order valence-electron chi connectivity index (χ4n) is 3.65. The maximum Gasteiger partial charge on any atom is 0.220 e. The molecule has 0 unspecified atom stereocenters. The number of nitrogens with zero attached hydrogens (tertiary/aromatic N) is 4. The van der Waals surface area contributed by atoms with Gasteiger partial charge in [0, 0.05) is 30.5 Å². The summed E-state index contributed by atoms with van der Waals surface area (Å²) < 4.78 is 8.64. The molecule has 2 aliphatic rings. The van der Waals surface area contributed by atoms with E-state index in [1.165, 1.54) is 12.8 Å². The normalized spacial score (nSPS) is 20.8. The summed E-state index contributed by atoms with van der Waals surface area (Å²) in [4.78, 5) is 16.2.